The van der Waals surface area contributed by atoms with E-state index in [4.69, 9.17) is 10.5 Å². The first-order chi connectivity index (χ1) is 7.79. The van der Waals surface area contributed by atoms with Crippen LogP contribution >= 0.6 is 0 Å². The van der Waals surface area contributed by atoms with Crippen LogP contribution in [0.3, 0.4) is 0 Å². The Hall–Kier alpha value is -2.01. The van der Waals surface area contributed by atoms with Crippen molar-refractivity contribution in [3.63, 3.8) is 0 Å². The number of aromatic nitrogens is 2. The van der Waals surface area contributed by atoms with E-state index >= 15 is 0 Å². The van der Waals surface area contributed by atoms with Gasteiger partial charge in [-0.2, -0.15) is 0 Å². The fourth-order valence-corrected chi connectivity index (χ4v) is 1.22. The average Bonchev–Trinajstić information content (AvgIpc) is 2.31. The minimum absolute atomic E-state index is 0.164. The zero-order valence-electron chi connectivity index (χ0n) is 8.43. The van der Waals surface area contributed by atoms with E-state index in [9.17, 15) is 4.39 Å². The van der Waals surface area contributed by atoms with Gasteiger partial charge in [0.05, 0.1) is 6.20 Å². The smallest absolute Gasteiger partial charge is 0.237 e. The Morgan fingerprint density at radius 3 is 2.81 bits per heavy atom. The molecule has 0 aliphatic carbocycles. The Kier molecular flexibility index (Phi) is 3.07. The van der Waals surface area contributed by atoms with Crippen molar-refractivity contribution in [2.75, 3.05) is 0 Å². The van der Waals surface area contributed by atoms with Gasteiger partial charge in [0.25, 0.3) is 0 Å². The monoisotopic (exact) mass is 219 g/mol. The molecule has 0 spiro atoms. The molecule has 0 aliphatic rings. The quantitative estimate of drug-likeness (QED) is 0.855. The number of ether oxygens (including phenoxy) is 1. The molecule has 2 aromatic rings. The van der Waals surface area contributed by atoms with Crippen molar-refractivity contribution >= 4 is 0 Å². The van der Waals surface area contributed by atoms with E-state index in [2.05, 4.69) is 9.97 Å². The molecule has 0 bridgehead atoms. The molecule has 0 unspecified atom stereocenters. The molecule has 0 atom stereocenters. The Morgan fingerprint density at radius 2 is 2.19 bits per heavy atom. The predicted molar refractivity (Wildman–Crippen MR) is 56.4 cm³/mol. The zero-order chi connectivity index (χ0) is 11.4. The summed E-state index contributed by atoms with van der Waals surface area (Å²) >= 11 is 0. The number of nitrogens with two attached hydrogens (primary N) is 1. The second-order valence-corrected chi connectivity index (χ2v) is 3.10. The van der Waals surface area contributed by atoms with Gasteiger partial charge < -0.3 is 10.5 Å². The van der Waals surface area contributed by atoms with Crippen LogP contribution in [0.4, 0.5) is 4.39 Å². The number of benzene rings is 1. The molecule has 0 radical (unpaired) electrons. The van der Waals surface area contributed by atoms with Gasteiger partial charge in [0.2, 0.25) is 5.88 Å². The van der Waals surface area contributed by atoms with Gasteiger partial charge >= 0.3 is 0 Å². The van der Waals surface area contributed by atoms with Gasteiger partial charge in [0.15, 0.2) is 0 Å². The molecule has 2 N–H and O–H groups in total. The van der Waals surface area contributed by atoms with E-state index in [1.165, 1.54) is 24.7 Å². The summed E-state index contributed by atoms with van der Waals surface area (Å²) in [7, 11) is 0. The molecule has 1 aromatic carbocycles. The Morgan fingerprint density at radius 1 is 1.31 bits per heavy atom. The van der Waals surface area contributed by atoms with Crippen molar-refractivity contribution in [1.82, 2.24) is 9.97 Å². The molecule has 0 aliphatic heterocycles. The molecule has 0 saturated heterocycles. The van der Waals surface area contributed by atoms with Crippen LogP contribution in [0, 0.1) is 5.82 Å². The van der Waals surface area contributed by atoms with Crippen LogP contribution in [-0.2, 0) is 6.54 Å². The highest BCUT2D eigenvalue weighted by molar-refractivity contribution is 5.31. The topological polar surface area (TPSA) is 61.0 Å². The first-order valence-electron chi connectivity index (χ1n) is 4.72. The highest BCUT2D eigenvalue weighted by atomic mass is 19.1. The second kappa shape index (κ2) is 4.67. The summed E-state index contributed by atoms with van der Waals surface area (Å²) in [4.78, 5) is 7.75. The maximum atomic E-state index is 13.4. The van der Waals surface area contributed by atoms with Crippen LogP contribution in [0.5, 0.6) is 11.6 Å². The number of hydrogen-bond acceptors (Lipinski definition) is 4. The van der Waals surface area contributed by atoms with Crippen molar-refractivity contribution in [3.05, 3.63) is 48.2 Å². The highest BCUT2D eigenvalue weighted by Crippen LogP contribution is 2.20. The number of nitrogens with zero attached hydrogens (tertiary/aromatic N) is 2. The minimum atomic E-state index is -0.385. The third-order valence-corrected chi connectivity index (χ3v) is 2.01. The lowest BCUT2D eigenvalue weighted by Gasteiger charge is -2.05. The average molecular weight is 219 g/mol. The van der Waals surface area contributed by atoms with Gasteiger partial charge in [-0.05, 0) is 6.07 Å². The summed E-state index contributed by atoms with van der Waals surface area (Å²) in [6.07, 6.45) is 4.49. The Bertz CT molecular complexity index is 476. The summed E-state index contributed by atoms with van der Waals surface area (Å²) < 4.78 is 18.7. The molecule has 0 fully saturated rings. The summed E-state index contributed by atoms with van der Waals surface area (Å²) in [5.41, 5.74) is 5.80. The Labute approximate surface area is 91.9 Å². The van der Waals surface area contributed by atoms with Crippen LogP contribution in [0.15, 0.2) is 36.8 Å². The highest BCUT2D eigenvalue weighted by Gasteiger charge is 2.04. The summed E-state index contributed by atoms with van der Waals surface area (Å²) in [6.45, 7) is 0.164. The molecular weight excluding hydrogens is 209 g/mol. The molecule has 5 heteroatoms. The van der Waals surface area contributed by atoms with Crippen molar-refractivity contribution < 1.29 is 9.13 Å². The van der Waals surface area contributed by atoms with E-state index in [0.717, 1.165) is 0 Å². The van der Waals surface area contributed by atoms with Crippen LogP contribution in [0.2, 0.25) is 0 Å². The summed E-state index contributed by atoms with van der Waals surface area (Å²) in [6, 6.07) is 4.50. The minimum Gasteiger partial charge on any atom is -0.437 e. The maximum absolute atomic E-state index is 13.4. The standard InChI is InChI=1S/C11H10FN3O/c12-10-5-9(2-1-8(10)6-13)16-11-7-14-3-4-15-11/h1-5,7H,6,13H2. The number of halogens is 1. The maximum Gasteiger partial charge on any atom is 0.237 e. The lowest BCUT2D eigenvalue weighted by atomic mass is 10.2. The molecule has 0 amide bonds. The van der Waals surface area contributed by atoms with E-state index < -0.39 is 0 Å². The fourth-order valence-electron chi connectivity index (χ4n) is 1.22. The van der Waals surface area contributed by atoms with Gasteiger partial charge in [-0.25, -0.2) is 9.37 Å². The first-order valence-corrected chi connectivity index (χ1v) is 4.72. The van der Waals surface area contributed by atoms with Gasteiger partial charge in [0, 0.05) is 30.6 Å². The van der Waals surface area contributed by atoms with E-state index in [1.807, 2.05) is 0 Å². The fraction of sp³-hybridized carbons (Fsp3) is 0.0909. The van der Waals surface area contributed by atoms with Crippen LogP contribution in [0.1, 0.15) is 5.56 Å². The molecule has 1 aromatic heterocycles. The van der Waals surface area contributed by atoms with Crippen molar-refractivity contribution in [2.45, 2.75) is 6.54 Å². The van der Waals surface area contributed by atoms with E-state index in [1.54, 1.807) is 12.1 Å². The molecule has 4 nitrogen and oxygen atoms in total. The summed E-state index contributed by atoms with van der Waals surface area (Å²) in [5.74, 6) is 0.307. The largest absolute Gasteiger partial charge is 0.437 e. The molecule has 82 valence electrons. The predicted octanol–water partition coefficient (Wildman–Crippen LogP) is 1.87. The zero-order valence-corrected chi connectivity index (χ0v) is 8.43. The van der Waals surface area contributed by atoms with Gasteiger partial charge in [-0.15, -0.1) is 0 Å². The molecule has 2 rings (SSSR count). The molecule has 16 heavy (non-hydrogen) atoms. The SMILES string of the molecule is NCc1ccc(Oc2cnccn2)cc1F. The summed E-state index contributed by atoms with van der Waals surface area (Å²) in [5, 5.41) is 0. The molecule has 1 heterocycles. The van der Waals surface area contributed by atoms with Gasteiger partial charge in [-0.1, -0.05) is 6.07 Å². The van der Waals surface area contributed by atoms with Crippen LogP contribution in [0.25, 0.3) is 0 Å². The van der Waals surface area contributed by atoms with Gasteiger partial charge in [0.1, 0.15) is 11.6 Å². The third-order valence-electron chi connectivity index (χ3n) is 2.01. The number of rotatable bonds is 3. The van der Waals surface area contributed by atoms with Gasteiger partial charge in [-0.3, -0.25) is 4.98 Å². The van der Waals surface area contributed by atoms with Crippen LogP contribution in [-0.4, -0.2) is 9.97 Å². The second-order valence-electron chi connectivity index (χ2n) is 3.10. The van der Waals surface area contributed by atoms with E-state index in [-0.39, 0.29) is 12.4 Å². The molecule has 0 saturated carbocycles. The third kappa shape index (κ3) is 2.32. The van der Waals surface area contributed by atoms with E-state index in [0.29, 0.717) is 17.2 Å². The van der Waals surface area contributed by atoms with Crippen LogP contribution < -0.4 is 10.5 Å². The Balaban J connectivity index is 2.20. The number of hydrogen-bond donors (Lipinski definition) is 1. The normalized spacial score (nSPS) is 10.1. The van der Waals surface area contributed by atoms with Crippen molar-refractivity contribution in [1.29, 1.82) is 0 Å². The first kappa shape index (κ1) is 10.5. The lowest BCUT2D eigenvalue weighted by Crippen LogP contribution is -1.99. The van der Waals surface area contributed by atoms with Crippen molar-refractivity contribution in [3.8, 4) is 11.6 Å². The lowest BCUT2D eigenvalue weighted by molar-refractivity contribution is 0.454. The molecular formula is C11H10FN3O. The van der Waals surface area contributed by atoms with Crippen molar-refractivity contribution in [2.24, 2.45) is 5.73 Å².